The molecule has 4 rings (SSSR count). The molecule has 0 aliphatic heterocycles. The summed E-state index contributed by atoms with van der Waals surface area (Å²) in [5.41, 5.74) is 3.47. The molecule has 1 amide bonds. The number of nitrogens with two attached hydrogens (primary N) is 1. The van der Waals surface area contributed by atoms with Gasteiger partial charge in [-0.1, -0.05) is 6.58 Å². The van der Waals surface area contributed by atoms with Crippen LogP contribution in [0.25, 0.3) is 5.57 Å². The van der Waals surface area contributed by atoms with Crippen molar-refractivity contribution < 1.29 is 44.3 Å². The summed E-state index contributed by atoms with van der Waals surface area (Å²) in [5, 5.41) is 45.5. The zero-order valence-corrected chi connectivity index (χ0v) is 21.7. The zero-order valence-electron chi connectivity index (χ0n) is 21.7. The molecule has 3 aliphatic carbocycles. The van der Waals surface area contributed by atoms with Crippen LogP contribution in [0, 0.1) is 11.8 Å². The lowest BCUT2D eigenvalue weighted by Crippen LogP contribution is -2.67. The van der Waals surface area contributed by atoms with E-state index >= 15 is 0 Å². The lowest BCUT2D eigenvalue weighted by atomic mass is 9.57. The Labute approximate surface area is 218 Å². The maximum absolute atomic E-state index is 13.4. The molecule has 0 saturated carbocycles. The molecule has 1 aromatic carbocycles. The van der Waals surface area contributed by atoms with Crippen LogP contribution in [0.4, 0.5) is 10.5 Å². The standard InChI is InChI=1S/C26H31N3O9/c1-10-15-11(13(28(2)3)7-8-14(15)30)9-12-16(10)22(32)26(36)18(21(12)38-25(35)37-6)19(29(4)5)20(31)17(23(26)33)24(27)34/h7-8,12,18-19,21,30,32-33,36H,1,9H2,2-6H3,(H2,27,34)/t12-,18-,19+,21+,26+/m1/s1. The van der Waals surface area contributed by atoms with Crippen LogP contribution in [0.1, 0.15) is 11.1 Å². The number of anilines is 1. The molecule has 6 N–H and O–H groups in total. The van der Waals surface area contributed by atoms with Crippen LogP contribution >= 0.6 is 0 Å². The molecule has 3 aliphatic rings. The Bertz CT molecular complexity index is 1330. The number of carbonyl (C=O) groups excluding carboxylic acids is 3. The molecule has 38 heavy (non-hydrogen) atoms. The fourth-order valence-electron chi connectivity index (χ4n) is 6.12. The van der Waals surface area contributed by atoms with Crippen molar-refractivity contribution in [3.8, 4) is 5.75 Å². The average Bonchev–Trinajstić information content (AvgIpc) is 2.82. The second-order valence-corrected chi connectivity index (χ2v) is 10.1. The summed E-state index contributed by atoms with van der Waals surface area (Å²) in [5.74, 6) is -6.70. The van der Waals surface area contributed by atoms with Gasteiger partial charge < -0.3 is 40.5 Å². The van der Waals surface area contributed by atoms with Crippen molar-refractivity contribution in [1.82, 2.24) is 4.90 Å². The number of allylic oxidation sites excluding steroid dienone is 1. The Kier molecular flexibility index (Phi) is 6.44. The summed E-state index contributed by atoms with van der Waals surface area (Å²) >= 11 is 0. The third-order valence-corrected chi connectivity index (χ3v) is 7.67. The van der Waals surface area contributed by atoms with Gasteiger partial charge in [-0.15, -0.1) is 0 Å². The van der Waals surface area contributed by atoms with Crippen LogP contribution in [0.2, 0.25) is 0 Å². The second kappa shape index (κ2) is 9.07. The minimum Gasteiger partial charge on any atom is -0.508 e. The molecule has 0 heterocycles. The number of ketones is 1. The lowest BCUT2D eigenvalue weighted by Gasteiger charge is -2.53. The Hall–Kier alpha value is -4.03. The van der Waals surface area contributed by atoms with E-state index in [4.69, 9.17) is 15.2 Å². The van der Waals surface area contributed by atoms with Gasteiger partial charge in [0.15, 0.2) is 11.4 Å². The van der Waals surface area contributed by atoms with Crippen LogP contribution in [0.15, 0.2) is 41.4 Å². The highest BCUT2D eigenvalue weighted by atomic mass is 16.7. The van der Waals surface area contributed by atoms with Crippen molar-refractivity contribution in [3.63, 3.8) is 0 Å². The number of aromatic hydroxyl groups is 1. The number of ether oxygens (including phenoxy) is 2. The van der Waals surface area contributed by atoms with Crippen LogP contribution in [0.5, 0.6) is 5.75 Å². The van der Waals surface area contributed by atoms with Gasteiger partial charge >= 0.3 is 6.16 Å². The minimum absolute atomic E-state index is 0.0152. The van der Waals surface area contributed by atoms with E-state index in [1.54, 1.807) is 20.2 Å². The highest BCUT2D eigenvalue weighted by Gasteiger charge is 2.66. The number of aliphatic hydroxyl groups is 3. The maximum Gasteiger partial charge on any atom is 0.508 e. The first kappa shape index (κ1) is 27.0. The first-order valence-corrected chi connectivity index (χ1v) is 11.8. The van der Waals surface area contributed by atoms with Crippen molar-refractivity contribution in [2.75, 3.05) is 40.2 Å². The molecule has 0 spiro atoms. The van der Waals surface area contributed by atoms with Crippen LogP contribution in [0.3, 0.4) is 0 Å². The summed E-state index contributed by atoms with van der Waals surface area (Å²) in [6, 6.07) is 1.80. The van der Waals surface area contributed by atoms with Crippen molar-refractivity contribution >= 4 is 29.1 Å². The molecule has 1 aromatic rings. The predicted molar refractivity (Wildman–Crippen MR) is 135 cm³/mol. The molecular formula is C26H31N3O9. The number of hydrogen-bond acceptors (Lipinski definition) is 11. The number of phenolic OH excluding ortho intramolecular Hbond substituents is 1. The van der Waals surface area contributed by atoms with Crippen LogP contribution < -0.4 is 10.6 Å². The molecule has 0 bridgehead atoms. The number of nitrogens with zero attached hydrogens (tertiary/aromatic N) is 2. The number of likely N-dealkylation sites (N-methyl/N-ethyl adjacent to an activating group) is 1. The fraction of sp³-hybridized carbons (Fsp3) is 0.423. The van der Waals surface area contributed by atoms with Crippen molar-refractivity contribution in [3.05, 3.63) is 52.5 Å². The third-order valence-electron chi connectivity index (χ3n) is 7.67. The first-order chi connectivity index (χ1) is 17.7. The molecule has 12 heteroatoms. The van der Waals surface area contributed by atoms with Crippen LogP contribution in [-0.4, -0.2) is 96.2 Å². The molecule has 5 atom stereocenters. The molecule has 0 unspecified atom stereocenters. The highest BCUT2D eigenvalue weighted by molar-refractivity contribution is 6.22. The van der Waals surface area contributed by atoms with Gasteiger partial charge in [-0.05, 0) is 43.8 Å². The number of phenols is 1. The number of hydrogen-bond donors (Lipinski definition) is 5. The quantitative estimate of drug-likeness (QED) is 0.274. The van der Waals surface area contributed by atoms with Gasteiger partial charge in [0.1, 0.15) is 28.9 Å². The monoisotopic (exact) mass is 529 g/mol. The molecule has 204 valence electrons. The van der Waals surface area contributed by atoms with Gasteiger partial charge in [-0.2, -0.15) is 0 Å². The van der Waals surface area contributed by atoms with E-state index in [-0.39, 0.29) is 23.3 Å². The van der Waals surface area contributed by atoms with Gasteiger partial charge in [0.25, 0.3) is 5.91 Å². The summed E-state index contributed by atoms with van der Waals surface area (Å²) in [7, 11) is 7.67. The molecule has 0 aromatic heterocycles. The van der Waals surface area contributed by atoms with Gasteiger partial charge in [-0.3, -0.25) is 14.5 Å². The minimum atomic E-state index is -2.77. The van der Waals surface area contributed by atoms with E-state index in [0.29, 0.717) is 11.1 Å². The number of aliphatic hydroxyl groups excluding tert-OH is 2. The highest BCUT2D eigenvalue weighted by Crippen LogP contribution is 2.57. The van der Waals surface area contributed by atoms with Gasteiger partial charge in [0.05, 0.1) is 19.1 Å². The number of Topliss-reactive ketones (excluding diaryl/α,β-unsaturated/α-hetero) is 1. The number of benzene rings is 1. The topological polar surface area (TPSA) is 183 Å². The van der Waals surface area contributed by atoms with E-state index in [1.165, 1.54) is 25.1 Å². The first-order valence-electron chi connectivity index (χ1n) is 11.8. The third kappa shape index (κ3) is 3.55. The van der Waals surface area contributed by atoms with E-state index in [0.717, 1.165) is 12.8 Å². The van der Waals surface area contributed by atoms with E-state index in [1.807, 2.05) is 4.90 Å². The zero-order chi connectivity index (χ0) is 28.4. The Balaban J connectivity index is 2.11. The average molecular weight is 530 g/mol. The largest absolute Gasteiger partial charge is 0.508 e. The number of amides is 1. The fourth-order valence-corrected chi connectivity index (χ4v) is 6.12. The maximum atomic E-state index is 13.4. The predicted octanol–water partition coefficient (Wildman–Crippen LogP) is 0.779. The number of rotatable bonds is 4. The molecule has 12 nitrogen and oxygen atoms in total. The number of carbonyl (C=O) groups is 3. The van der Waals surface area contributed by atoms with Gasteiger partial charge in [0, 0.05) is 36.8 Å². The van der Waals surface area contributed by atoms with E-state index < -0.39 is 64.5 Å². The van der Waals surface area contributed by atoms with Crippen molar-refractivity contribution in [2.45, 2.75) is 24.2 Å². The summed E-state index contributed by atoms with van der Waals surface area (Å²) in [6.45, 7) is 4.06. The Morgan fingerprint density at radius 1 is 1.13 bits per heavy atom. The normalized spacial score (nSPS) is 28.5. The van der Waals surface area contributed by atoms with E-state index in [2.05, 4.69) is 6.58 Å². The molecule has 0 saturated heterocycles. The van der Waals surface area contributed by atoms with Gasteiger partial charge in [0.2, 0.25) is 0 Å². The molecular weight excluding hydrogens is 498 g/mol. The Morgan fingerprint density at radius 3 is 2.29 bits per heavy atom. The van der Waals surface area contributed by atoms with E-state index in [9.17, 15) is 34.8 Å². The van der Waals surface area contributed by atoms with Crippen LogP contribution in [-0.2, 0) is 25.5 Å². The smallest absolute Gasteiger partial charge is 0.508 e. The number of fused-ring (bicyclic) bond motifs is 3. The SMILES string of the molecule is C=C1C2=C(O)[C@]3(O)C(O)=C(C(N)=O)C(=O)[C@@H](N(C)C)[C@@H]3[C@@H](OC(=O)OC)[C@@H]2Cc2c(N(C)C)ccc(O)c21. The molecule has 0 fully saturated rings. The number of methoxy groups -OCH3 is 1. The molecule has 0 radical (unpaired) electrons. The van der Waals surface area contributed by atoms with Gasteiger partial charge in [-0.25, -0.2) is 4.79 Å². The summed E-state index contributed by atoms with van der Waals surface area (Å²) in [6.07, 6.45) is -2.41. The van der Waals surface area contributed by atoms with Crippen molar-refractivity contribution in [1.29, 1.82) is 0 Å². The summed E-state index contributed by atoms with van der Waals surface area (Å²) in [4.78, 5) is 41.3. The lowest BCUT2D eigenvalue weighted by molar-refractivity contribution is -0.153. The number of primary amides is 1. The second-order valence-electron chi connectivity index (χ2n) is 10.1. The van der Waals surface area contributed by atoms with Crippen molar-refractivity contribution in [2.24, 2.45) is 17.6 Å². The summed E-state index contributed by atoms with van der Waals surface area (Å²) < 4.78 is 10.4. The Morgan fingerprint density at radius 2 is 1.76 bits per heavy atom.